The van der Waals surface area contributed by atoms with Gasteiger partial charge in [-0.1, -0.05) is 134 Å². The molecular weight excluding hydrogens is 945 g/mol. The molecule has 0 fully saturated rings. The molecular formula is C66H54N4O4S. The maximum Gasteiger partial charge on any atom is 0.197 e. The van der Waals surface area contributed by atoms with Crippen LogP contribution in [0.5, 0.6) is 0 Å². The van der Waals surface area contributed by atoms with Crippen LogP contribution in [0.1, 0.15) is 148 Å². The summed E-state index contributed by atoms with van der Waals surface area (Å²) < 4.78 is 0. The molecule has 7 aromatic carbocycles. The summed E-state index contributed by atoms with van der Waals surface area (Å²) in [5.74, 6) is 1.08. The Morgan fingerprint density at radius 3 is 1.25 bits per heavy atom. The van der Waals surface area contributed by atoms with Gasteiger partial charge in [-0.25, -0.2) is 9.97 Å². The summed E-state index contributed by atoms with van der Waals surface area (Å²) >= 11 is 1.54. The molecule has 0 N–H and O–H groups in total. The van der Waals surface area contributed by atoms with E-state index in [4.69, 9.17) is 9.97 Å². The molecule has 9 aromatic rings. The van der Waals surface area contributed by atoms with Gasteiger partial charge in [0.05, 0.1) is 33.6 Å². The predicted octanol–water partition coefficient (Wildman–Crippen LogP) is 16.8. The van der Waals surface area contributed by atoms with Crippen molar-refractivity contribution in [2.45, 2.75) is 79.1 Å². The minimum Gasteiger partial charge on any atom is -0.288 e. The summed E-state index contributed by atoms with van der Waals surface area (Å²) in [6.07, 6.45) is 5.39. The summed E-state index contributed by atoms with van der Waals surface area (Å²) in [4.78, 5) is 73.9. The molecule has 9 heteroatoms. The average molecular weight is 999 g/mol. The highest BCUT2D eigenvalue weighted by atomic mass is 32.1. The van der Waals surface area contributed by atoms with Crippen LogP contribution in [-0.2, 0) is 0 Å². The molecule has 0 saturated carbocycles. The van der Waals surface area contributed by atoms with E-state index in [0.717, 1.165) is 81.5 Å². The van der Waals surface area contributed by atoms with Crippen molar-refractivity contribution in [1.29, 1.82) is 0 Å². The van der Waals surface area contributed by atoms with E-state index in [0.29, 0.717) is 39.7 Å². The summed E-state index contributed by atoms with van der Waals surface area (Å²) in [6.45, 7) is 17.6. The molecule has 3 aliphatic rings. The lowest BCUT2D eigenvalue weighted by Crippen LogP contribution is -2.26. The molecule has 0 radical (unpaired) electrons. The molecule has 368 valence electrons. The number of aromatic nitrogens is 2. The highest BCUT2D eigenvalue weighted by molar-refractivity contribution is 7.16. The number of thiophene rings is 1. The average Bonchev–Trinajstić information content (AvgIpc) is 4.12. The second-order valence-corrected chi connectivity index (χ2v) is 22.2. The molecule has 1 aliphatic heterocycles. The minimum absolute atomic E-state index is 0.00284. The number of para-hydroxylation sites is 3. The maximum atomic E-state index is 14.5. The number of ketones is 4. The van der Waals surface area contributed by atoms with Crippen LogP contribution in [0.2, 0.25) is 0 Å². The van der Waals surface area contributed by atoms with Gasteiger partial charge >= 0.3 is 0 Å². The lowest BCUT2D eigenvalue weighted by molar-refractivity contribution is 0.0974. The van der Waals surface area contributed by atoms with E-state index in [9.17, 15) is 19.2 Å². The Morgan fingerprint density at radius 2 is 0.827 bits per heavy atom. The predicted molar refractivity (Wildman–Crippen MR) is 306 cm³/mol. The maximum absolute atomic E-state index is 14.5. The van der Waals surface area contributed by atoms with Crippen molar-refractivity contribution >= 4 is 96.1 Å². The van der Waals surface area contributed by atoms with Gasteiger partial charge in [-0.3, -0.25) is 29.0 Å². The highest BCUT2D eigenvalue weighted by Crippen LogP contribution is 2.55. The number of hydrogen-bond donors (Lipinski definition) is 0. The fourth-order valence-corrected chi connectivity index (χ4v) is 12.0. The zero-order chi connectivity index (χ0) is 52.1. The molecule has 0 atom stereocenters. The fourth-order valence-electron chi connectivity index (χ4n) is 11.1. The lowest BCUT2D eigenvalue weighted by Gasteiger charge is -2.33. The second kappa shape index (κ2) is 18.2. The Labute approximate surface area is 440 Å². The van der Waals surface area contributed by atoms with Crippen molar-refractivity contribution < 1.29 is 19.2 Å². The van der Waals surface area contributed by atoms with Gasteiger partial charge < -0.3 is 0 Å². The van der Waals surface area contributed by atoms with Gasteiger partial charge in [-0.2, -0.15) is 0 Å². The molecule has 3 heterocycles. The number of nitrogens with zero attached hydrogens (tertiary/aromatic N) is 4. The van der Waals surface area contributed by atoms with Gasteiger partial charge in [0.1, 0.15) is 5.82 Å². The molecule has 2 aromatic heterocycles. The van der Waals surface area contributed by atoms with Gasteiger partial charge in [0.25, 0.3) is 0 Å². The zero-order valence-corrected chi connectivity index (χ0v) is 44.0. The van der Waals surface area contributed by atoms with Gasteiger partial charge in [0.2, 0.25) is 0 Å². The van der Waals surface area contributed by atoms with Crippen LogP contribution in [0.4, 0.5) is 23.0 Å². The van der Waals surface area contributed by atoms with Crippen LogP contribution in [0.25, 0.3) is 49.1 Å². The first-order valence-corrected chi connectivity index (χ1v) is 26.6. The van der Waals surface area contributed by atoms with E-state index in [1.165, 1.54) is 0 Å². The van der Waals surface area contributed by atoms with Crippen LogP contribution in [-0.4, -0.2) is 33.1 Å². The molecule has 0 unspecified atom stereocenters. The van der Waals surface area contributed by atoms with Crippen molar-refractivity contribution in [3.8, 4) is 10.4 Å². The molecule has 0 amide bonds. The SMILES string of the molecule is CC(C)c1cccc(C(C)C)c1N1/C(=C/C=C2C(=O)c3cc4ccccc4cc3C2=O)N(c2c(C(C)C)cc(-c3ccc(C=C4C(=O)c5cc6ccccc6cc5C4=O)s3)cc2C(C)C)c2nc3ccccc3nc21. The Bertz CT molecular complexity index is 3910. The Balaban J connectivity index is 1.06. The monoisotopic (exact) mass is 998 g/mol. The number of fused-ring (bicyclic) bond motifs is 6. The van der Waals surface area contributed by atoms with E-state index in [-0.39, 0.29) is 58.0 Å². The number of hydrogen-bond acceptors (Lipinski definition) is 9. The number of carbonyl (C=O) groups is 4. The van der Waals surface area contributed by atoms with Crippen molar-refractivity contribution in [2.24, 2.45) is 0 Å². The zero-order valence-electron chi connectivity index (χ0n) is 43.2. The molecule has 75 heavy (non-hydrogen) atoms. The second-order valence-electron chi connectivity index (χ2n) is 21.1. The van der Waals surface area contributed by atoms with Gasteiger partial charge in [-0.05, 0) is 152 Å². The van der Waals surface area contributed by atoms with Crippen molar-refractivity contribution in [3.05, 3.63) is 218 Å². The highest BCUT2D eigenvalue weighted by Gasteiger charge is 2.42. The van der Waals surface area contributed by atoms with Gasteiger partial charge in [0.15, 0.2) is 34.8 Å². The van der Waals surface area contributed by atoms with Crippen LogP contribution >= 0.6 is 11.3 Å². The first-order valence-electron chi connectivity index (χ1n) is 25.8. The van der Waals surface area contributed by atoms with E-state index < -0.39 is 0 Å². The molecule has 0 bridgehead atoms. The smallest absolute Gasteiger partial charge is 0.197 e. The number of carbonyl (C=O) groups excluding carboxylic acids is 4. The van der Waals surface area contributed by atoms with Gasteiger partial charge in [-0.15, -0.1) is 11.3 Å². The first-order chi connectivity index (χ1) is 36.2. The molecule has 0 saturated heterocycles. The number of rotatable bonds is 9. The molecule has 12 rings (SSSR count). The quantitative estimate of drug-likeness (QED) is 0.104. The third-order valence-corrected chi connectivity index (χ3v) is 16.0. The number of Topliss-reactive ketones (excluding diaryl/α,β-unsaturated/α-hetero) is 4. The Kier molecular flexibility index (Phi) is 11.6. The van der Waals surface area contributed by atoms with E-state index in [1.54, 1.807) is 23.5 Å². The van der Waals surface area contributed by atoms with E-state index >= 15 is 0 Å². The molecule has 2 aliphatic carbocycles. The van der Waals surface area contributed by atoms with E-state index in [2.05, 4.69) is 102 Å². The lowest BCUT2D eigenvalue weighted by atomic mass is 9.89. The molecule has 8 nitrogen and oxygen atoms in total. The van der Waals surface area contributed by atoms with Crippen LogP contribution in [0, 0.1) is 0 Å². The first kappa shape index (κ1) is 47.6. The van der Waals surface area contributed by atoms with Gasteiger partial charge in [0, 0.05) is 32.0 Å². The van der Waals surface area contributed by atoms with Crippen molar-refractivity contribution in [2.75, 3.05) is 9.80 Å². The largest absolute Gasteiger partial charge is 0.288 e. The summed E-state index contributed by atoms with van der Waals surface area (Å²) in [7, 11) is 0. The third kappa shape index (κ3) is 7.79. The number of allylic oxidation sites excluding steroid dienone is 4. The third-order valence-electron chi connectivity index (χ3n) is 14.9. The standard InChI is InChI=1S/C66H54N4O4S/c1-35(2)45-20-15-21-46(36(3)4)59(45)69-58(27-25-47-61(71)50-28-39-16-9-10-17-40(39)29-51(50)62(47)72)70(66-65(69)67-55-22-13-14-23-56(55)68-66)60-48(37(5)6)32-43(33-49(60)38(7)8)57-26-24-44(75-57)34-54-63(73)52-30-41-18-11-12-19-42(41)31-53(52)64(54)74/h9-38H,1-8H3/b58-27-. The van der Waals surface area contributed by atoms with Crippen LogP contribution < -0.4 is 9.80 Å². The topological polar surface area (TPSA) is 101 Å². The molecule has 0 spiro atoms. The number of anilines is 4. The summed E-state index contributed by atoms with van der Waals surface area (Å²) in [5, 5.41) is 3.65. The van der Waals surface area contributed by atoms with Crippen LogP contribution in [0.3, 0.4) is 0 Å². The summed E-state index contributed by atoms with van der Waals surface area (Å²) in [6, 6.07) is 45.9. The Morgan fingerprint density at radius 1 is 0.427 bits per heavy atom. The normalized spacial score (nSPS) is 14.9. The fraction of sp³-hybridized carbons (Fsp3) is 0.182. The minimum atomic E-state index is -0.306. The van der Waals surface area contributed by atoms with Crippen molar-refractivity contribution in [1.82, 2.24) is 9.97 Å². The Hall–Kier alpha value is -8.40. The van der Waals surface area contributed by atoms with E-state index in [1.807, 2.05) is 109 Å². The summed E-state index contributed by atoms with van der Waals surface area (Å²) in [5.41, 5.74) is 10.7. The van der Waals surface area contributed by atoms with Crippen LogP contribution in [0.15, 0.2) is 169 Å². The van der Waals surface area contributed by atoms with Crippen molar-refractivity contribution in [3.63, 3.8) is 0 Å². The number of benzene rings is 7.